The molecule has 0 aliphatic heterocycles. The average Bonchev–Trinajstić information content (AvgIpc) is 3.03. The molecule has 0 spiro atoms. The number of carbonyl (C=O) groups excluding carboxylic acids is 3. The van der Waals surface area contributed by atoms with Crippen LogP contribution in [0.3, 0.4) is 0 Å². The SMILES string of the molecule is CSc1ccc(C(=O)[N+](C)(C)c2cccnc2C(=O)Nc2ccc(C)cn2)c(OCC2CCC(N(C)C(=O)OC(C)(C)C)[C@@H](C)C2)c1. The molecule has 1 N–H and O–H groups in total. The highest BCUT2D eigenvalue weighted by atomic mass is 32.2. The lowest BCUT2D eigenvalue weighted by molar-refractivity contribution is 0.00807. The standard InChI is InChI=1S/C36H47N5O5S/c1-23-12-17-31(38-21-23)39-33(42)32-29(11-10-18-37-32)41(7,8)34(43)27-15-14-26(47-9)20-30(27)45-22-25-13-16-28(24(2)19-25)40(6)35(44)46-36(3,4)5/h10-12,14-15,17-18,20-21,24-25,28H,13,16,19,22H2,1-9H3/p+1/t24-,25?,28?/m0/s1. The number of hydrogen-bond donors (Lipinski definition) is 1. The number of rotatable bonds is 9. The lowest BCUT2D eigenvalue weighted by atomic mass is 9.79. The Labute approximate surface area is 282 Å². The normalized spacial score (nSPS) is 18.3. The van der Waals surface area contributed by atoms with E-state index in [2.05, 4.69) is 22.2 Å². The van der Waals surface area contributed by atoms with Crippen LogP contribution in [-0.2, 0) is 4.74 Å². The topological polar surface area (TPSA) is 111 Å². The van der Waals surface area contributed by atoms with Crippen LogP contribution >= 0.6 is 11.8 Å². The van der Waals surface area contributed by atoms with Crippen molar-refractivity contribution in [3.05, 3.63) is 71.7 Å². The highest BCUT2D eigenvalue weighted by Crippen LogP contribution is 2.35. The van der Waals surface area contributed by atoms with E-state index >= 15 is 0 Å². The lowest BCUT2D eigenvalue weighted by Crippen LogP contribution is -2.48. The van der Waals surface area contributed by atoms with E-state index in [1.807, 2.05) is 59.2 Å². The number of quaternary nitrogens is 1. The highest BCUT2D eigenvalue weighted by Gasteiger charge is 2.38. The van der Waals surface area contributed by atoms with E-state index < -0.39 is 11.5 Å². The van der Waals surface area contributed by atoms with Crippen molar-refractivity contribution < 1.29 is 23.9 Å². The van der Waals surface area contributed by atoms with Gasteiger partial charge in [-0.15, -0.1) is 11.8 Å². The van der Waals surface area contributed by atoms with Crippen LogP contribution in [0.25, 0.3) is 0 Å². The maximum absolute atomic E-state index is 14.3. The van der Waals surface area contributed by atoms with E-state index in [4.69, 9.17) is 9.47 Å². The Morgan fingerprint density at radius 2 is 1.83 bits per heavy atom. The maximum Gasteiger partial charge on any atom is 0.410 e. The maximum atomic E-state index is 14.3. The number of pyridine rings is 2. The molecule has 10 nitrogen and oxygen atoms in total. The Bertz CT molecular complexity index is 1590. The number of amides is 3. The molecular formula is C36H48N5O5S+. The summed E-state index contributed by atoms with van der Waals surface area (Å²) in [5.41, 5.74) is 1.44. The zero-order chi connectivity index (χ0) is 34.5. The van der Waals surface area contributed by atoms with Gasteiger partial charge in [0.05, 0.1) is 20.7 Å². The summed E-state index contributed by atoms with van der Waals surface area (Å²) < 4.78 is 11.8. The van der Waals surface area contributed by atoms with Gasteiger partial charge >= 0.3 is 12.0 Å². The van der Waals surface area contributed by atoms with Crippen molar-refractivity contribution in [1.82, 2.24) is 19.4 Å². The molecule has 0 saturated heterocycles. The first kappa shape index (κ1) is 35.9. The molecule has 0 bridgehead atoms. The van der Waals surface area contributed by atoms with Crippen molar-refractivity contribution in [3.63, 3.8) is 0 Å². The van der Waals surface area contributed by atoms with Gasteiger partial charge in [-0.1, -0.05) is 13.0 Å². The first-order valence-electron chi connectivity index (χ1n) is 16.0. The fraction of sp³-hybridized carbons (Fsp3) is 0.472. The van der Waals surface area contributed by atoms with Gasteiger partial charge in [-0.25, -0.2) is 24.0 Å². The molecule has 1 saturated carbocycles. The van der Waals surface area contributed by atoms with Crippen LogP contribution < -0.4 is 14.5 Å². The zero-order valence-electron chi connectivity index (χ0n) is 29.0. The summed E-state index contributed by atoms with van der Waals surface area (Å²) in [5, 5.41) is 2.80. The van der Waals surface area contributed by atoms with Crippen LogP contribution in [-0.4, -0.2) is 78.4 Å². The molecule has 1 aliphatic carbocycles. The molecular weight excluding hydrogens is 614 g/mol. The number of carbonyl (C=O) groups is 3. The van der Waals surface area contributed by atoms with Crippen LogP contribution in [0, 0.1) is 18.8 Å². The molecule has 2 aromatic heterocycles. The van der Waals surface area contributed by atoms with Crippen LogP contribution in [0.1, 0.15) is 73.4 Å². The number of anilines is 1. The largest absolute Gasteiger partial charge is 0.492 e. The molecule has 11 heteroatoms. The predicted molar refractivity (Wildman–Crippen MR) is 187 cm³/mol. The van der Waals surface area contributed by atoms with Crippen LogP contribution in [0.15, 0.2) is 59.8 Å². The van der Waals surface area contributed by atoms with Crippen LogP contribution in [0.5, 0.6) is 5.75 Å². The van der Waals surface area contributed by atoms with Gasteiger partial charge in [0.25, 0.3) is 5.91 Å². The van der Waals surface area contributed by atoms with Gasteiger partial charge in [0, 0.05) is 36.4 Å². The van der Waals surface area contributed by atoms with Crippen molar-refractivity contribution in [1.29, 1.82) is 0 Å². The minimum atomic E-state index is -0.544. The van der Waals surface area contributed by atoms with Crippen LogP contribution in [0.4, 0.5) is 16.3 Å². The number of hydrogen-bond acceptors (Lipinski definition) is 8. The molecule has 0 radical (unpaired) electrons. The molecule has 2 heterocycles. The van der Waals surface area contributed by atoms with Gasteiger partial charge in [0.1, 0.15) is 22.7 Å². The Morgan fingerprint density at radius 1 is 1.09 bits per heavy atom. The van der Waals surface area contributed by atoms with Gasteiger partial charge < -0.3 is 19.7 Å². The number of benzene rings is 1. The Morgan fingerprint density at radius 3 is 2.47 bits per heavy atom. The van der Waals surface area contributed by atoms with E-state index in [0.717, 1.165) is 29.7 Å². The fourth-order valence-electron chi connectivity index (χ4n) is 5.97. The molecule has 3 aromatic rings. The van der Waals surface area contributed by atoms with E-state index in [0.29, 0.717) is 29.4 Å². The first-order valence-corrected chi connectivity index (χ1v) is 17.2. The van der Waals surface area contributed by atoms with Gasteiger partial charge in [0.2, 0.25) is 0 Å². The summed E-state index contributed by atoms with van der Waals surface area (Å²) in [6.45, 7) is 10.2. The predicted octanol–water partition coefficient (Wildman–Crippen LogP) is 7.22. The summed E-state index contributed by atoms with van der Waals surface area (Å²) in [6.07, 6.45) is 7.50. The Balaban J connectivity index is 1.50. The summed E-state index contributed by atoms with van der Waals surface area (Å²) in [4.78, 5) is 51.7. The number of aromatic nitrogens is 2. The molecule has 3 atom stereocenters. The first-order chi connectivity index (χ1) is 22.1. The average molecular weight is 663 g/mol. The Hall–Kier alpha value is -3.96. The second-order valence-corrected chi connectivity index (χ2v) is 14.7. The molecule has 47 heavy (non-hydrogen) atoms. The fourth-order valence-corrected chi connectivity index (χ4v) is 6.40. The van der Waals surface area contributed by atoms with Gasteiger partial charge in [-0.05, 0) is 101 Å². The third-order valence-electron chi connectivity index (χ3n) is 8.57. The van der Waals surface area contributed by atoms with E-state index in [9.17, 15) is 14.4 Å². The number of nitrogens with one attached hydrogen (secondary N) is 1. The number of ether oxygens (including phenoxy) is 2. The molecule has 3 amide bonds. The van der Waals surface area contributed by atoms with E-state index in [-0.39, 0.29) is 40.1 Å². The van der Waals surface area contributed by atoms with E-state index in [1.165, 1.54) is 6.20 Å². The zero-order valence-corrected chi connectivity index (χ0v) is 29.8. The monoisotopic (exact) mass is 662 g/mol. The van der Waals surface area contributed by atoms with Gasteiger partial charge in [-0.3, -0.25) is 4.79 Å². The van der Waals surface area contributed by atoms with Crippen molar-refractivity contribution in [2.24, 2.45) is 11.8 Å². The third kappa shape index (κ3) is 8.90. The summed E-state index contributed by atoms with van der Waals surface area (Å²) in [5.74, 6) is 0.742. The quantitative estimate of drug-likeness (QED) is 0.189. The number of thioether (sulfide) groups is 1. The second-order valence-electron chi connectivity index (χ2n) is 13.8. The Kier molecular flexibility index (Phi) is 11.3. The molecule has 252 valence electrons. The van der Waals surface area contributed by atoms with E-state index in [1.54, 1.807) is 61.2 Å². The minimum Gasteiger partial charge on any atom is -0.492 e. The summed E-state index contributed by atoms with van der Waals surface area (Å²) in [6, 6.07) is 12.7. The number of aryl methyl sites for hydroxylation is 1. The number of nitrogens with zero attached hydrogens (tertiary/aromatic N) is 4. The molecule has 2 unspecified atom stereocenters. The van der Waals surface area contributed by atoms with Crippen LogP contribution in [0.2, 0.25) is 0 Å². The summed E-state index contributed by atoms with van der Waals surface area (Å²) in [7, 11) is 5.31. The highest BCUT2D eigenvalue weighted by molar-refractivity contribution is 7.98. The minimum absolute atomic E-state index is 0.0869. The lowest BCUT2D eigenvalue weighted by Gasteiger charge is -2.39. The molecule has 4 rings (SSSR count). The van der Waals surface area contributed by atoms with Crippen molar-refractivity contribution in [2.75, 3.05) is 39.3 Å². The summed E-state index contributed by atoms with van der Waals surface area (Å²) >= 11 is 1.57. The molecule has 1 aliphatic rings. The third-order valence-corrected chi connectivity index (χ3v) is 9.30. The van der Waals surface area contributed by atoms with Crippen molar-refractivity contribution in [3.8, 4) is 5.75 Å². The van der Waals surface area contributed by atoms with Crippen molar-refractivity contribution in [2.45, 2.75) is 70.4 Å². The smallest absolute Gasteiger partial charge is 0.410 e. The molecule has 1 aromatic carbocycles. The molecule has 1 fully saturated rings. The second kappa shape index (κ2) is 14.9. The van der Waals surface area contributed by atoms with Gasteiger partial charge in [-0.2, -0.15) is 0 Å². The van der Waals surface area contributed by atoms with Crippen molar-refractivity contribution >= 4 is 41.2 Å². The van der Waals surface area contributed by atoms with Gasteiger partial charge in [0.15, 0.2) is 11.4 Å².